The minimum Gasteiger partial charge on any atom is -0.493 e. The van der Waals surface area contributed by atoms with E-state index in [-0.39, 0.29) is 36.9 Å². The molecule has 23 heavy (non-hydrogen) atoms. The summed E-state index contributed by atoms with van der Waals surface area (Å²) in [6, 6.07) is 5.30. The summed E-state index contributed by atoms with van der Waals surface area (Å²) >= 11 is 0. The maximum absolute atomic E-state index is 11.9. The number of hydrogen-bond donors (Lipinski definition) is 3. The van der Waals surface area contributed by atoms with Gasteiger partial charge in [0.05, 0.1) is 7.11 Å². The molecule has 1 aromatic rings. The van der Waals surface area contributed by atoms with Crippen molar-refractivity contribution in [3.8, 4) is 11.5 Å². The van der Waals surface area contributed by atoms with E-state index < -0.39 is 0 Å². The Kier molecular flexibility index (Phi) is 5.81. The van der Waals surface area contributed by atoms with E-state index in [2.05, 4.69) is 10.6 Å². The first-order chi connectivity index (χ1) is 11.0. The van der Waals surface area contributed by atoms with Gasteiger partial charge in [0.15, 0.2) is 18.1 Å². The van der Waals surface area contributed by atoms with Crippen LogP contribution >= 0.6 is 0 Å². The Morgan fingerprint density at radius 2 is 2.09 bits per heavy atom. The number of hydrogen-bond acceptors (Lipinski definition) is 5. The minimum absolute atomic E-state index is 0.0938. The molecule has 0 heterocycles. The molecule has 0 spiro atoms. The molecular formula is C16H23N3O4. The second kappa shape index (κ2) is 7.82. The van der Waals surface area contributed by atoms with Gasteiger partial charge in [-0.1, -0.05) is 6.92 Å². The molecule has 0 aromatic heterocycles. The van der Waals surface area contributed by atoms with Gasteiger partial charge in [0, 0.05) is 30.3 Å². The molecule has 1 aliphatic carbocycles. The topological polar surface area (TPSA) is 103 Å². The number of carbonyl (C=O) groups is 2. The summed E-state index contributed by atoms with van der Waals surface area (Å²) in [7, 11) is 1.52. The highest BCUT2D eigenvalue weighted by Gasteiger charge is 2.23. The molecule has 0 radical (unpaired) electrons. The third-order valence-corrected chi connectivity index (χ3v) is 3.53. The highest BCUT2D eigenvalue weighted by Crippen LogP contribution is 2.30. The Hall–Kier alpha value is -2.28. The molecule has 0 bridgehead atoms. The monoisotopic (exact) mass is 321 g/mol. The van der Waals surface area contributed by atoms with Crippen LogP contribution in [0.3, 0.4) is 0 Å². The van der Waals surface area contributed by atoms with Crippen LogP contribution in [0, 0.1) is 5.92 Å². The van der Waals surface area contributed by atoms with E-state index in [9.17, 15) is 9.59 Å². The van der Waals surface area contributed by atoms with Crippen LogP contribution in [-0.2, 0) is 9.59 Å². The first-order valence-electron chi connectivity index (χ1n) is 7.64. The van der Waals surface area contributed by atoms with Gasteiger partial charge in [-0.3, -0.25) is 9.59 Å². The molecule has 1 atom stereocenters. The predicted molar refractivity (Wildman–Crippen MR) is 86.5 cm³/mol. The van der Waals surface area contributed by atoms with Gasteiger partial charge in [0.1, 0.15) is 0 Å². The Balaban J connectivity index is 1.99. The molecule has 1 fully saturated rings. The van der Waals surface area contributed by atoms with E-state index in [4.69, 9.17) is 15.2 Å². The third kappa shape index (κ3) is 5.14. The molecule has 0 aliphatic heterocycles. The average Bonchev–Trinajstić information content (AvgIpc) is 3.36. The van der Waals surface area contributed by atoms with Gasteiger partial charge in [0.25, 0.3) is 5.91 Å². The minimum atomic E-state index is -0.286. The number of ether oxygens (including phenoxy) is 2. The van der Waals surface area contributed by atoms with Gasteiger partial charge in [-0.15, -0.1) is 0 Å². The normalized spacial score (nSPS) is 14.7. The van der Waals surface area contributed by atoms with E-state index in [1.807, 2.05) is 0 Å². The average molecular weight is 321 g/mol. The van der Waals surface area contributed by atoms with Crippen molar-refractivity contribution in [3.63, 3.8) is 0 Å². The molecule has 1 unspecified atom stereocenters. The second-order valence-electron chi connectivity index (χ2n) is 5.62. The number of nitrogens with two attached hydrogens (primary N) is 1. The van der Waals surface area contributed by atoms with Gasteiger partial charge in [-0.05, 0) is 25.0 Å². The van der Waals surface area contributed by atoms with Crippen LogP contribution in [0.5, 0.6) is 11.5 Å². The van der Waals surface area contributed by atoms with Crippen LogP contribution in [0.1, 0.15) is 19.8 Å². The highest BCUT2D eigenvalue weighted by molar-refractivity contribution is 5.92. The van der Waals surface area contributed by atoms with Crippen molar-refractivity contribution >= 4 is 17.5 Å². The molecule has 2 amide bonds. The first kappa shape index (κ1) is 17.1. The smallest absolute Gasteiger partial charge is 0.258 e. The lowest BCUT2D eigenvalue weighted by molar-refractivity contribution is -0.123. The van der Waals surface area contributed by atoms with Crippen molar-refractivity contribution in [1.82, 2.24) is 5.32 Å². The van der Waals surface area contributed by atoms with E-state index >= 15 is 0 Å². The van der Waals surface area contributed by atoms with Gasteiger partial charge < -0.3 is 25.8 Å². The fourth-order valence-electron chi connectivity index (χ4n) is 1.88. The van der Waals surface area contributed by atoms with Crippen molar-refractivity contribution in [2.75, 3.05) is 25.6 Å². The van der Waals surface area contributed by atoms with Crippen molar-refractivity contribution in [1.29, 1.82) is 0 Å². The highest BCUT2D eigenvalue weighted by atomic mass is 16.5. The lowest BCUT2D eigenvalue weighted by Crippen LogP contribution is -2.30. The van der Waals surface area contributed by atoms with Gasteiger partial charge in [-0.2, -0.15) is 0 Å². The Morgan fingerprint density at radius 3 is 2.70 bits per heavy atom. The SMILES string of the molecule is COc1ccc(NC(=O)C(C)CN)cc1OCC(=O)NC1CC1. The fourth-order valence-corrected chi connectivity index (χ4v) is 1.88. The maximum atomic E-state index is 11.9. The summed E-state index contributed by atoms with van der Waals surface area (Å²) in [4.78, 5) is 23.6. The van der Waals surface area contributed by atoms with E-state index in [0.717, 1.165) is 12.8 Å². The number of benzene rings is 1. The van der Waals surface area contributed by atoms with Crippen LogP contribution in [0.25, 0.3) is 0 Å². The molecule has 7 nitrogen and oxygen atoms in total. The largest absolute Gasteiger partial charge is 0.493 e. The number of amides is 2. The number of methoxy groups -OCH3 is 1. The first-order valence-corrected chi connectivity index (χ1v) is 7.64. The van der Waals surface area contributed by atoms with Crippen LogP contribution in [0.4, 0.5) is 5.69 Å². The lowest BCUT2D eigenvalue weighted by Gasteiger charge is -2.14. The summed E-state index contributed by atoms with van der Waals surface area (Å²) in [6.07, 6.45) is 2.05. The van der Waals surface area contributed by atoms with Crippen LogP contribution in [0.2, 0.25) is 0 Å². The molecule has 126 valence electrons. The van der Waals surface area contributed by atoms with E-state index in [1.165, 1.54) is 7.11 Å². The van der Waals surface area contributed by atoms with Gasteiger partial charge >= 0.3 is 0 Å². The number of carbonyl (C=O) groups excluding carboxylic acids is 2. The van der Waals surface area contributed by atoms with Gasteiger partial charge in [0.2, 0.25) is 5.91 Å². The number of nitrogens with one attached hydrogen (secondary N) is 2. The van der Waals surface area contributed by atoms with Gasteiger partial charge in [-0.25, -0.2) is 0 Å². The zero-order valence-electron chi connectivity index (χ0n) is 13.4. The molecule has 7 heteroatoms. The Bertz CT molecular complexity index is 572. The summed E-state index contributed by atoms with van der Waals surface area (Å²) in [6.45, 7) is 1.93. The van der Waals surface area contributed by atoms with E-state index in [1.54, 1.807) is 25.1 Å². The Labute approximate surface area is 135 Å². The zero-order valence-corrected chi connectivity index (χ0v) is 13.4. The Morgan fingerprint density at radius 1 is 1.35 bits per heavy atom. The zero-order chi connectivity index (χ0) is 16.8. The molecular weight excluding hydrogens is 298 g/mol. The molecule has 1 aromatic carbocycles. The van der Waals surface area contributed by atoms with Crippen molar-refractivity contribution in [2.45, 2.75) is 25.8 Å². The standard InChI is InChI=1S/C16H23N3O4/c1-10(8-17)16(21)19-12-5-6-13(22-2)14(7-12)23-9-15(20)18-11-3-4-11/h5-7,10-11H,3-4,8-9,17H2,1-2H3,(H,18,20)(H,19,21). The second-order valence-corrected chi connectivity index (χ2v) is 5.62. The summed E-state index contributed by atoms with van der Waals surface area (Å²) < 4.78 is 10.7. The molecule has 1 saturated carbocycles. The molecule has 1 aliphatic rings. The summed E-state index contributed by atoms with van der Waals surface area (Å²) in [5.74, 6) is 0.271. The van der Waals surface area contributed by atoms with Crippen molar-refractivity contribution in [2.24, 2.45) is 11.7 Å². The van der Waals surface area contributed by atoms with Crippen molar-refractivity contribution < 1.29 is 19.1 Å². The molecule has 4 N–H and O–H groups in total. The third-order valence-electron chi connectivity index (χ3n) is 3.53. The van der Waals surface area contributed by atoms with Crippen molar-refractivity contribution in [3.05, 3.63) is 18.2 Å². The fraction of sp³-hybridized carbons (Fsp3) is 0.500. The number of rotatable bonds is 8. The molecule has 0 saturated heterocycles. The van der Waals surface area contributed by atoms with Crippen LogP contribution in [0.15, 0.2) is 18.2 Å². The lowest BCUT2D eigenvalue weighted by atomic mass is 10.1. The quantitative estimate of drug-likeness (QED) is 0.660. The summed E-state index contributed by atoms with van der Waals surface area (Å²) in [5.41, 5.74) is 6.04. The van der Waals surface area contributed by atoms with E-state index in [0.29, 0.717) is 17.2 Å². The maximum Gasteiger partial charge on any atom is 0.258 e. The summed E-state index contributed by atoms with van der Waals surface area (Å²) in [5, 5.41) is 5.60. The number of anilines is 1. The molecule has 2 rings (SSSR count). The van der Waals surface area contributed by atoms with Crippen LogP contribution in [-0.4, -0.2) is 38.1 Å². The predicted octanol–water partition coefficient (Wildman–Crippen LogP) is 0.886. The van der Waals surface area contributed by atoms with Crippen LogP contribution < -0.4 is 25.8 Å².